The summed E-state index contributed by atoms with van der Waals surface area (Å²) in [5, 5.41) is 3.44. The maximum absolute atomic E-state index is 12.5. The summed E-state index contributed by atoms with van der Waals surface area (Å²) in [4.78, 5) is 0. The van der Waals surface area contributed by atoms with E-state index >= 15 is 0 Å². The largest absolute Gasteiger partial charge is 0.391 e. The van der Waals surface area contributed by atoms with Gasteiger partial charge in [0.1, 0.15) is 0 Å². The number of alkyl halides is 3. The van der Waals surface area contributed by atoms with Crippen molar-refractivity contribution in [2.24, 2.45) is 11.8 Å². The fraction of sp³-hybridized carbons (Fsp3) is 1.00. The van der Waals surface area contributed by atoms with Crippen LogP contribution in [0.2, 0.25) is 0 Å². The summed E-state index contributed by atoms with van der Waals surface area (Å²) in [6.07, 6.45) is 0.0478. The second-order valence-corrected chi connectivity index (χ2v) is 5.55. The van der Waals surface area contributed by atoms with Gasteiger partial charge in [-0.05, 0) is 51.0 Å². The molecule has 0 aromatic rings. The van der Waals surface area contributed by atoms with Crippen LogP contribution in [0.3, 0.4) is 0 Å². The fourth-order valence-electron chi connectivity index (χ4n) is 2.91. The fourth-order valence-corrected chi connectivity index (χ4v) is 2.91. The highest BCUT2D eigenvalue weighted by Gasteiger charge is 2.41. The average Bonchev–Trinajstić information content (AvgIpc) is 2.37. The van der Waals surface area contributed by atoms with Crippen molar-refractivity contribution in [3.63, 3.8) is 0 Å². The monoisotopic (exact) mass is 265 g/mol. The molecule has 0 amide bonds. The third kappa shape index (κ3) is 4.12. The minimum absolute atomic E-state index is 0.284. The Morgan fingerprint density at radius 2 is 1.56 bits per heavy atom. The van der Waals surface area contributed by atoms with Gasteiger partial charge in [-0.2, -0.15) is 13.2 Å². The number of halogens is 3. The molecule has 0 bridgehead atoms. The molecule has 2 rings (SSSR count). The van der Waals surface area contributed by atoms with E-state index in [0.717, 1.165) is 32.6 Å². The van der Waals surface area contributed by atoms with Crippen molar-refractivity contribution in [2.75, 3.05) is 19.8 Å². The van der Waals surface area contributed by atoms with Gasteiger partial charge >= 0.3 is 6.18 Å². The molecule has 2 fully saturated rings. The molecular weight excluding hydrogens is 243 g/mol. The van der Waals surface area contributed by atoms with Gasteiger partial charge in [0.2, 0.25) is 0 Å². The van der Waals surface area contributed by atoms with Crippen LogP contribution in [0.1, 0.15) is 38.5 Å². The van der Waals surface area contributed by atoms with Crippen molar-refractivity contribution in [3.8, 4) is 0 Å². The van der Waals surface area contributed by atoms with Gasteiger partial charge in [0.15, 0.2) is 0 Å². The molecule has 18 heavy (non-hydrogen) atoms. The summed E-state index contributed by atoms with van der Waals surface area (Å²) in [5.41, 5.74) is 0. The average molecular weight is 265 g/mol. The number of hydrogen-bond acceptors (Lipinski definition) is 2. The first-order chi connectivity index (χ1) is 8.55. The van der Waals surface area contributed by atoms with Crippen LogP contribution in [0.25, 0.3) is 0 Å². The number of nitrogens with one attached hydrogen (secondary N) is 1. The minimum atomic E-state index is -3.99. The predicted octanol–water partition coefficient (Wildman–Crippen LogP) is 3.12. The van der Waals surface area contributed by atoms with E-state index in [0.29, 0.717) is 18.8 Å². The molecule has 5 heteroatoms. The lowest BCUT2D eigenvalue weighted by atomic mass is 9.85. The van der Waals surface area contributed by atoms with E-state index in [1.54, 1.807) is 0 Å². The molecular formula is C13H22F3NO. The molecule has 0 spiro atoms. The topological polar surface area (TPSA) is 21.3 Å². The van der Waals surface area contributed by atoms with Gasteiger partial charge in [-0.3, -0.25) is 0 Å². The van der Waals surface area contributed by atoms with Gasteiger partial charge in [-0.25, -0.2) is 0 Å². The summed E-state index contributed by atoms with van der Waals surface area (Å²) in [5.74, 6) is -0.433. The smallest absolute Gasteiger partial charge is 0.381 e. The first-order valence-corrected chi connectivity index (χ1v) is 6.93. The maximum atomic E-state index is 12.5. The van der Waals surface area contributed by atoms with E-state index in [1.165, 1.54) is 0 Å². The van der Waals surface area contributed by atoms with E-state index in [4.69, 9.17) is 4.74 Å². The van der Waals surface area contributed by atoms with Crippen LogP contribution < -0.4 is 5.32 Å². The zero-order valence-electron chi connectivity index (χ0n) is 10.6. The Morgan fingerprint density at radius 1 is 0.944 bits per heavy atom. The van der Waals surface area contributed by atoms with E-state index in [1.807, 2.05) is 0 Å². The Bertz CT molecular complexity index is 243. The summed E-state index contributed by atoms with van der Waals surface area (Å²) >= 11 is 0. The molecule has 0 radical (unpaired) electrons. The standard InChI is InChI=1S/C13H22F3NO/c14-13(15,16)11-1-3-12(4-2-11)17-9-10-5-7-18-8-6-10/h10-12,17H,1-9H2. The predicted molar refractivity (Wildman–Crippen MR) is 63.3 cm³/mol. The molecule has 0 aromatic carbocycles. The van der Waals surface area contributed by atoms with Crippen molar-refractivity contribution in [3.05, 3.63) is 0 Å². The van der Waals surface area contributed by atoms with Gasteiger partial charge in [0, 0.05) is 19.3 Å². The summed E-state index contributed by atoms with van der Waals surface area (Å²) in [7, 11) is 0. The van der Waals surface area contributed by atoms with E-state index < -0.39 is 12.1 Å². The lowest BCUT2D eigenvalue weighted by Crippen LogP contribution is -2.39. The lowest BCUT2D eigenvalue weighted by molar-refractivity contribution is -0.182. The van der Waals surface area contributed by atoms with Crippen LogP contribution in [0, 0.1) is 11.8 Å². The van der Waals surface area contributed by atoms with Crippen molar-refractivity contribution in [2.45, 2.75) is 50.7 Å². The zero-order chi connectivity index (χ0) is 13.0. The number of ether oxygens (including phenoxy) is 1. The van der Waals surface area contributed by atoms with Crippen molar-refractivity contribution in [1.29, 1.82) is 0 Å². The van der Waals surface area contributed by atoms with Gasteiger partial charge < -0.3 is 10.1 Å². The molecule has 2 nitrogen and oxygen atoms in total. The van der Waals surface area contributed by atoms with Crippen molar-refractivity contribution >= 4 is 0 Å². The van der Waals surface area contributed by atoms with E-state index in [-0.39, 0.29) is 18.9 Å². The Labute approximate surface area is 106 Å². The molecule has 106 valence electrons. The molecule has 0 atom stereocenters. The SMILES string of the molecule is FC(F)(F)C1CCC(NCC2CCOCC2)CC1. The Kier molecular flexibility index (Phi) is 4.90. The van der Waals surface area contributed by atoms with Gasteiger partial charge in [-0.15, -0.1) is 0 Å². The van der Waals surface area contributed by atoms with Crippen LogP contribution in [0.15, 0.2) is 0 Å². The lowest BCUT2D eigenvalue weighted by Gasteiger charge is -2.32. The number of hydrogen-bond donors (Lipinski definition) is 1. The highest BCUT2D eigenvalue weighted by molar-refractivity contribution is 4.81. The molecule has 0 aromatic heterocycles. The Morgan fingerprint density at radius 3 is 2.11 bits per heavy atom. The maximum Gasteiger partial charge on any atom is 0.391 e. The third-order valence-electron chi connectivity index (χ3n) is 4.23. The summed E-state index contributed by atoms with van der Waals surface area (Å²) in [6.45, 7) is 2.59. The van der Waals surface area contributed by atoms with Crippen LogP contribution in [-0.2, 0) is 4.74 Å². The van der Waals surface area contributed by atoms with Crippen LogP contribution in [0.4, 0.5) is 13.2 Å². The molecule has 1 aliphatic heterocycles. The highest BCUT2D eigenvalue weighted by atomic mass is 19.4. The highest BCUT2D eigenvalue weighted by Crippen LogP contribution is 2.37. The molecule has 1 aliphatic carbocycles. The van der Waals surface area contributed by atoms with E-state index in [2.05, 4.69) is 5.32 Å². The van der Waals surface area contributed by atoms with Crippen LogP contribution in [0.5, 0.6) is 0 Å². The van der Waals surface area contributed by atoms with Crippen LogP contribution >= 0.6 is 0 Å². The van der Waals surface area contributed by atoms with Gasteiger partial charge in [0.25, 0.3) is 0 Å². The molecule has 1 N–H and O–H groups in total. The molecule has 0 unspecified atom stereocenters. The zero-order valence-corrected chi connectivity index (χ0v) is 10.6. The van der Waals surface area contributed by atoms with Crippen molar-refractivity contribution < 1.29 is 17.9 Å². The second-order valence-electron chi connectivity index (χ2n) is 5.55. The van der Waals surface area contributed by atoms with Crippen LogP contribution in [-0.4, -0.2) is 32.0 Å². The van der Waals surface area contributed by atoms with E-state index in [9.17, 15) is 13.2 Å². The Balaban J connectivity index is 1.64. The number of rotatable bonds is 3. The quantitative estimate of drug-likeness (QED) is 0.846. The molecule has 1 saturated heterocycles. The summed E-state index contributed by atoms with van der Waals surface area (Å²) in [6, 6.07) is 0.284. The third-order valence-corrected chi connectivity index (χ3v) is 4.23. The summed E-state index contributed by atoms with van der Waals surface area (Å²) < 4.78 is 42.8. The minimum Gasteiger partial charge on any atom is -0.381 e. The first-order valence-electron chi connectivity index (χ1n) is 6.93. The normalized spacial score (nSPS) is 31.5. The Hall–Kier alpha value is -0.290. The molecule has 1 heterocycles. The van der Waals surface area contributed by atoms with Gasteiger partial charge in [0.05, 0.1) is 5.92 Å². The molecule has 1 saturated carbocycles. The second kappa shape index (κ2) is 6.24. The van der Waals surface area contributed by atoms with Crippen molar-refractivity contribution in [1.82, 2.24) is 5.32 Å². The molecule has 2 aliphatic rings. The van der Waals surface area contributed by atoms with Gasteiger partial charge in [-0.1, -0.05) is 0 Å². The first kappa shape index (κ1) is 14.1.